The molecule has 0 aliphatic rings. The highest BCUT2D eigenvalue weighted by atomic mass is 32.2. The van der Waals surface area contributed by atoms with E-state index in [1.54, 1.807) is 11.8 Å². The molecule has 6 heteroatoms. The van der Waals surface area contributed by atoms with Gasteiger partial charge in [-0.1, -0.05) is 0 Å². The molecule has 1 aromatic heterocycles. The highest BCUT2D eigenvalue weighted by Gasteiger charge is 2.06. The van der Waals surface area contributed by atoms with Crippen LogP contribution in [0, 0.1) is 0 Å². The number of aliphatic carboxylic acids is 1. The van der Waals surface area contributed by atoms with Crippen LogP contribution < -0.4 is 0 Å². The fourth-order valence-corrected chi connectivity index (χ4v) is 1.45. The van der Waals surface area contributed by atoms with Gasteiger partial charge in [0.15, 0.2) is 0 Å². The van der Waals surface area contributed by atoms with E-state index >= 15 is 0 Å². The number of hydrogen-bond acceptors (Lipinski definition) is 5. The quantitative estimate of drug-likeness (QED) is 0.762. The average molecular weight is 230 g/mol. The molecule has 1 N–H and O–H groups in total. The minimum absolute atomic E-state index is 0.141. The molecule has 5 nitrogen and oxygen atoms in total. The van der Waals surface area contributed by atoms with Gasteiger partial charge in [-0.15, -0.1) is 10.2 Å². The van der Waals surface area contributed by atoms with Crippen molar-refractivity contribution in [3.05, 3.63) is 11.8 Å². The normalized spacial score (nSPS) is 10.5. The summed E-state index contributed by atoms with van der Waals surface area (Å²) < 4.78 is 5.34. The zero-order valence-electron chi connectivity index (χ0n) is 8.60. The van der Waals surface area contributed by atoms with Gasteiger partial charge in [-0.2, -0.15) is 11.8 Å². The minimum Gasteiger partial charge on any atom is -0.481 e. The van der Waals surface area contributed by atoms with Gasteiger partial charge >= 0.3 is 5.97 Å². The second kappa shape index (κ2) is 6.44. The van der Waals surface area contributed by atoms with E-state index in [9.17, 15) is 4.79 Å². The number of carboxylic acids is 1. The molecule has 0 saturated carbocycles. The molecule has 84 valence electrons. The standard InChI is InChI=1S/C9H14N2O3S/c1-15-6-5-8-11-10-7(14-8)3-2-4-9(12)13/h2-6H2,1H3,(H,12,13). The third-order valence-electron chi connectivity index (χ3n) is 1.81. The molecule has 0 amide bonds. The maximum absolute atomic E-state index is 10.3. The smallest absolute Gasteiger partial charge is 0.303 e. The number of rotatable bonds is 7. The van der Waals surface area contributed by atoms with Crippen LogP contribution in [0.4, 0.5) is 0 Å². The number of carboxylic acid groups (broad SMARTS) is 1. The molecule has 0 fully saturated rings. The van der Waals surface area contributed by atoms with Gasteiger partial charge in [0, 0.05) is 25.0 Å². The largest absolute Gasteiger partial charge is 0.481 e. The Kier molecular flexibility index (Phi) is 5.17. The van der Waals surface area contributed by atoms with Crippen LogP contribution in [0.2, 0.25) is 0 Å². The lowest BCUT2D eigenvalue weighted by molar-refractivity contribution is -0.137. The first-order valence-electron chi connectivity index (χ1n) is 4.74. The molecule has 0 saturated heterocycles. The van der Waals surface area contributed by atoms with Gasteiger partial charge in [-0.25, -0.2) is 0 Å². The van der Waals surface area contributed by atoms with E-state index in [0.29, 0.717) is 24.6 Å². The SMILES string of the molecule is CSCCc1nnc(CCCC(=O)O)o1. The van der Waals surface area contributed by atoms with Gasteiger partial charge in [0.05, 0.1) is 0 Å². The number of aryl methyl sites for hydroxylation is 2. The molecule has 0 aliphatic carbocycles. The molecule has 0 unspecified atom stereocenters. The summed E-state index contributed by atoms with van der Waals surface area (Å²) >= 11 is 1.72. The Morgan fingerprint density at radius 1 is 1.40 bits per heavy atom. The van der Waals surface area contributed by atoms with Crippen LogP contribution in [-0.4, -0.2) is 33.3 Å². The van der Waals surface area contributed by atoms with Crippen LogP contribution >= 0.6 is 11.8 Å². The van der Waals surface area contributed by atoms with Crippen molar-refractivity contribution in [2.75, 3.05) is 12.0 Å². The van der Waals surface area contributed by atoms with Crippen LogP contribution in [0.15, 0.2) is 4.42 Å². The molecule has 0 radical (unpaired) electrons. The average Bonchev–Trinajstić information content (AvgIpc) is 2.62. The number of hydrogen-bond donors (Lipinski definition) is 1. The topological polar surface area (TPSA) is 76.2 Å². The summed E-state index contributed by atoms with van der Waals surface area (Å²) in [6, 6.07) is 0. The summed E-state index contributed by atoms with van der Waals surface area (Å²) in [6.45, 7) is 0. The first-order valence-corrected chi connectivity index (χ1v) is 6.13. The van der Waals surface area contributed by atoms with Gasteiger partial charge in [0.2, 0.25) is 11.8 Å². The summed E-state index contributed by atoms with van der Waals surface area (Å²) in [4.78, 5) is 10.3. The van der Waals surface area contributed by atoms with Crippen LogP contribution in [0.5, 0.6) is 0 Å². The Bertz CT molecular complexity index is 314. The number of thioether (sulfide) groups is 1. The summed E-state index contributed by atoms with van der Waals surface area (Å²) in [7, 11) is 0. The van der Waals surface area contributed by atoms with Crippen molar-refractivity contribution in [3.63, 3.8) is 0 Å². The molecule has 0 bridgehead atoms. The lowest BCUT2D eigenvalue weighted by Gasteiger charge is -1.92. The van der Waals surface area contributed by atoms with E-state index in [4.69, 9.17) is 9.52 Å². The number of aromatic nitrogens is 2. The predicted octanol–water partition coefficient (Wildman–Crippen LogP) is 1.38. The Morgan fingerprint density at radius 2 is 2.07 bits per heavy atom. The number of carbonyl (C=O) groups is 1. The van der Waals surface area contributed by atoms with Crippen molar-refractivity contribution < 1.29 is 14.3 Å². The summed E-state index contributed by atoms with van der Waals surface area (Å²) in [5.41, 5.74) is 0. The Labute approximate surface area is 92.3 Å². The first kappa shape index (κ1) is 12.0. The monoisotopic (exact) mass is 230 g/mol. The van der Waals surface area contributed by atoms with Crippen LogP contribution in [-0.2, 0) is 17.6 Å². The van der Waals surface area contributed by atoms with E-state index in [1.165, 1.54) is 0 Å². The van der Waals surface area contributed by atoms with Gasteiger partial charge < -0.3 is 9.52 Å². The van der Waals surface area contributed by atoms with Crippen molar-refractivity contribution >= 4 is 17.7 Å². The minimum atomic E-state index is -0.794. The zero-order valence-corrected chi connectivity index (χ0v) is 9.42. The Balaban J connectivity index is 2.29. The summed E-state index contributed by atoms with van der Waals surface area (Å²) in [5, 5.41) is 16.2. The first-order chi connectivity index (χ1) is 7.22. The summed E-state index contributed by atoms with van der Waals surface area (Å²) in [5.74, 6) is 1.33. The number of nitrogens with zero attached hydrogens (tertiary/aromatic N) is 2. The van der Waals surface area contributed by atoms with Gasteiger partial charge in [-0.05, 0) is 12.7 Å². The van der Waals surface area contributed by atoms with Crippen LogP contribution in [0.25, 0.3) is 0 Å². The molecule has 0 spiro atoms. The van der Waals surface area contributed by atoms with E-state index in [0.717, 1.165) is 12.2 Å². The van der Waals surface area contributed by atoms with E-state index in [1.807, 2.05) is 6.26 Å². The molecule has 0 aliphatic heterocycles. The lowest BCUT2D eigenvalue weighted by Crippen LogP contribution is -1.95. The fraction of sp³-hybridized carbons (Fsp3) is 0.667. The predicted molar refractivity (Wildman–Crippen MR) is 57.0 cm³/mol. The molecular weight excluding hydrogens is 216 g/mol. The molecule has 15 heavy (non-hydrogen) atoms. The van der Waals surface area contributed by atoms with E-state index < -0.39 is 5.97 Å². The van der Waals surface area contributed by atoms with Crippen molar-refractivity contribution in [1.82, 2.24) is 10.2 Å². The van der Waals surface area contributed by atoms with Crippen molar-refractivity contribution in [2.45, 2.75) is 25.7 Å². The maximum atomic E-state index is 10.3. The van der Waals surface area contributed by atoms with Gasteiger partial charge in [0.25, 0.3) is 0 Å². The molecule has 1 aromatic rings. The Hall–Kier alpha value is -1.04. The van der Waals surface area contributed by atoms with Crippen molar-refractivity contribution in [3.8, 4) is 0 Å². The zero-order chi connectivity index (χ0) is 11.1. The molecule has 1 rings (SSSR count). The second-order valence-electron chi connectivity index (χ2n) is 3.08. The highest BCUT2D eigenvalue weighted by molar-refractivity contribution is 7.98. The van der Waals surface area contributed by atoms with Crippen molar-refractivity contribution in [2.24, 2.45) is 0 Å². The van der Waals surface area contributed by atoms with Crippen LogP contribution in [0.1, 0.15) is 24.6 Å². The molecule has 0 aromatic carbocycles. The molecular formula is C9H14N2O3S. The maximum Gasteiger partial charge on any atom is 0.303 e. The lowest BCUT2D eigenvalue weighted by atomic mass is 10.2. The third-order valence-corrected chi connectivity index (χ3v) is 2.42. The Morgan fingerprint density at radius 3 is 2.67 bits per heavy atom. The summed E-state index contributed by atoms with van der Waals surface area (Å²) in [6.07, 6.45) is 4.01. The molecule has 1 heterocycles. The van der Waals surface area contributed by atoms with E-state index in [2.05, 4.69) is 10.2 Å². The second-order valence-corrected chi connectivity index (χ2v) is 4.07. The van der Waals surface area contributed by atoms with Gasteiger partial charge in [-0.3, -0.25) is 4.79 Å². The van der Waals surface area contributed by atoms with Gasteiger partial charge in [0.1, 0.15) is 0 Å². The molecule has 0 atom stereocenters. The van der Waals surface area contributed by atoms with E-state index in [-0.39, 0.29) is 6.42 Å². The van der Waals surface area contributed by atoms with Crippen molar-refractivity contribution in [1.29, 1.82) is 0 Å². The highest BCUT2D eigenvalue weighted by Crippen LogP contribution is 2.06. The third kappa shape index (κ3) is 4.83. The van der Waals surface area contributed by atoms with Crippen LogP contribution in [0.3, 0.4) is 0 Å². The fourth-order valence-electron chi connectivity index (χ4n) is 1.07.